The van der Waals surface area contributed by atoms with Crippen LogP contribution in [-0.2, 0) is 6.42 Å². The molecule has 0 heterocycles. The summed E-state index contributed by atoms with van der Waals surface area (Å²) in [6, 6.07) is 0. The Morgan fingerprint density at radius 2 is 1.12 bits per heavy atom. The van der Waals surface area contributed by atoms with E-state index >= 15 is 0 Å². The number of hydrogen-bond acceptors (Lipinski definition) is 8. The average Bonchev–Trinajstić information content (AvgIpc) is 2.73. The molecular formula is C24H30O8. The summed E-state index contributed by atoms with van der Waals surface area (Å²) in [5.41, 5.74) is -0.450. The van der Waals surface area contributed by atoms with E-state index in [9.17, 15) is 35.1 Å². The number of phenols is 5. The Balaban J connectivity index is 2.82. The standard InChI is InChI=1S/C24H30O8/c1-6-8-15(25)17-20(28)11(3)19(27)13(22(17)30)10-14-23(31)18(16(26)9-7-2)21(29)12(4)24(14)32-5/h27-31H,6-10H2,1-5H3. The van der Waals surface area contributed by atoms with Crippen molar-refractivity contribution in [3.63, 3.8) is 0 Å². The fraction of sp³-hybridized carbons (Fsp3) is 0.417. The molecule has 174 valence electrons. The van der Waals surface area contributed by atoms with Gasteiger partial charge in [-0.2, -0.15) is 0 Å². The molecule has 0 saturated heterocycles. The van der Waals surface area contributed by atoms with Gasteiger partial charge in [0.05, 0.1) is 7.11 Å². The molecule has 0 aliphatic rings. The molecule has 8 nitrogen and oxygen atoms in total. The highest BCUT2D eigenvalue weighted by molar-refractivity contribution is 6.03. The molecule has 0 aliphatic heterocycles. The molecule has 0 radical (unpaired) electrons. The van der Waals surface area contributed by atoms with E-state index in [2.05, 4.69) is 0 Å². The van der Waals surface area contributed by atoms with E-state index in [1.807, 2.05) is 0 Å². The molecule has 0 bridgehead atoms. The molecule has 0 aliphatic carbocycles. The van der Waals surface area contributed by atoms with E-state index < -0.39 is 40.3 Å². The van der Waals surface area contributed by atoms with E-state index in [0.717, 1.165) is 0 Å². The second-order valence-electron chi connectivity index (χ2n) is 7.76. The zero-order valence-electron chi connectivity index (χ0n) is 19.0. The van der Waals surface area contributed by atoms with E-state index in [4.69, 9.17) is 4.74 Å². The SMILES string of the molecule is CCCC(=O)c1c(O)c(C)c(O)c(Cc2c(O)c(C(=O)CCC)c(O)c(C)c2OC)c1O. The van der Waals surface area contributed by atoms with Crippen molar-refractivity contribution in [3.8, 4) is 34.5 Å². The van der Waals surface area contributed by atoms with Crippen molar-refractivity contribution in [1.82, 2.24) is 0 Å². The number of phenolic OH excluding ortho intramolecular Hbond substituents is 5. The van der Waals surface area contributed by atoms with Gasteiger partial charge in [-0.15, -0.1) is 0 Å². The number of ether oxygens (including phenoxy) is 1. The van der Waals surface area contributed by atoms with Crippen LogP contribution >= 0.6 is 0 Å². The Hall–Kier alpha value is -3.42. The van der Waals surface area contributed by atoms with Gasteiger partial charge < -0.3 is 30.3 Å². The van der Waals surface area contributed by atoms with E-state index in [1.165, 1.54) is 21.0 Å². The van der Waals surface area contributed by atoms with Gasteiger partial charge in [-0.05, 0) is 26.7 Å². The molecule has 2 aromatic carbocycles. The number of ketones is 2. The summed E-state index contributed by atoms with van der Waals surface area (Å²) in [6.45, 7) is 6.47. The summed E-state index contributed by atoms with van der Waals surface area (Å²) in [5, 5.41) is 53.2. The van der Waals surface area contributed by atoms with Crippen molar-refractivity contribution in [2.24, 2.45) is 0 Å². The molecule has 0 unspecified atom stereocenters. The lowest BCUT2D eigenvalue weighted by atomic mass is 9.90. The summed E-state index contributed by atoms with van der Waals surface area (Å²) in [4.78, 5) is 25.1. The van der Waals surface area contributed by atoms with Crippen molar-refractivity contribution >= 4 is 11.6 Å². The molecule has 2 rings (SSSR count). The van der Waals surface area contributed by atoms with Gasteiger partial charge in [0.25, 0.3) is 0 Å². The maximum Gasteiger partial charge on any atom is 0.170 e. The number of Topliss-reactive ketones (excluding diaryl/α,β-unsaturated/α-hetero) is 2. The highest BCUT2D eigenvalue weighted by Gasteiger charge is 2.30. The van der Waals surface area contributed by atoms with Crippen molar-refractivity contribution in [2.45, 2.75) is 59.8 Å². The van der Waals surface area contributed by atoms with Gasteiger partial charge in [-0.25, -0.2) is 0 Å². The normalized spacial score (nSPS) is 10.9. The minimum absolute atomic E-state index is 0.00603. The number of hydrogen-bond donors (Lipinski definition) is 5. The molecule has 0 fully saturated rings. The molecule has 0 atom stereocenters. The van der Waals surface area contributed by atoms with Crippen LogP contribution in [0.5, 0.6) is 34.5 Å². The number of methoxy groups -OCH3 is 1. The Bertz CT molecular complexity index is 1070. The Kier molecular flexibility index (Phi) is 7.61. The van der Waals surface area contributed by atoms with Crippen molar-refractivity contribution in [1.29, 1.82) is 0 Å². The van der Waals surface area contributed by atoms with Crippen LogP contribution in [0.4, 0.5) is 0 Å². The van der Waals surface area contributed by atoms with Crippen LogP contribution < -0.4 is 4.74 Å². The number of rotatable bonds is 9. The first kappa shape index (κ1) is 24.8. The lowest BCUT2D eigenvalue weighted by Gasteiger charge is -2.20. The summed E-state index contributed by atoms with van der Waals surface area (Å²) >= 11 is 0. The molecule has 32 heavy (non-hydrogen) atoms. The third-order valence-electron chi connectivity index (χ3n) is 5.55. The van der Waals surface area contributed by atoms with Gasteiger partial charge in [0.2, 0.25) is 0 Å². The lowest BCUT2D eigenvalue weighted by molar-refractivity contribution is 0.0967. The van der Waals surface area contributed by atoms with E-state index in [-0.39, 0.29) is 58.4 Å². The van der Waals surface area contributed by atoms with Crippen molar-refractivity contribution in [3.05, 3.63) is 33.4 Å². The summed E-state index contributed by atoms with van der Waals surface area (Å²) in [6.07, 6.45) is 0.833. The first-order valence-corrected chi connectivity index (χ1v) is 10.5. The predicted octanol–water partition coefficient (Wildman–Crippen LogP) is 4.40. The fourth-order valence-electron chi connectivity index (χ4n) is 3.81. The zero-order valence-corrected chi connectivity index (χ0v) is 19.0. The first-order chi connectivity index (χ1) is 15.0. The Morgan fingerprint density at radius 3 is 1.56 bits per heavy atom. The summed E-state index contributed by atoms with van der Waals surface area (Å²) in [5.74, 6) is -3.42. The topological polar surface area (TPSA) is 145 Å². The monoisotopic (exact) mass is 446 g/mol. The highest BCUT2D eigenvalue weighted by Crippen LogP contribution is 2.48. The van der Waals surface area contributed by atoms with Crippen LogP contribution in [0.1, 0.15) is 82.5 Å². The van der Waals surface area contributed by atoms with Gasteiger partial charge in [-0.1, -0.05) is 13.8 Å². The van der Waals surface area contributed by atoms with E-state index in [0.29, 0.717) is 12.8 Å². The largest absolute Gasteiger partial charge is 0.507 e. The average molecular weight is 446 g/mol. The van der Waals surface area contributed by atoms with Gasteiger partial charge in [0.1, 0.15) is 45.6 Å². The molecule has 0 aromatic heterocycles. The zero-order chi connectivity index (χ0) is 24.3. The van der Waals surface area contributed by atoms with Gasteiger partial charge in [-0.3, -0.25) is 9.59 Å². The molecule has 5 N–H and O–H groups in total. The van der Waals surface area contributed by atoms with Gasteiger partial charge in [0.15, 0.2) is 11.6 Å². The predicted molar refractivity (Wildman–Crippen MR) is 119 cm³/mol. The fourth-order valence-corrected chi connectivity index (χ4v) is 3.81. The molecule has 0 spiro atoms. The number of carbonyl (C=O) groups excluding carboxylic acids is 2. The summed E-state index contributed by atoms with van der Waals surface area (Å²) < 4.78 is 5.34. The van der Waals surface area contributed by atoms with E-state index in [1.54, 1.807) is 13.8 Å². The highest BCUT2D eigenvalue weighted by atomic mass is 16.5. The molecule has 2 aromatic rings. The maximum atomic E-state index is 12.6. The third-order valence-corrected chi connectivity index (χ3v) is 5.55. The smallest absolute Gasteiger partial charge is 0.170 e. The Labute approximate surface area is 186 Å². The summed E-state index contributed by atoms with van der Waals surface area (Å²) in [7, 11) is 1.32. The molecule has 0 saturated carbocycles. The maximum absolute atomic E-state index is 12.6. The second kappa shape index (κ2) is 9.80. The Morgan fingerprint density at radius 1 is 0.688 bits per heavy atom. The molecule has 0 amide bonds. The van der Waals surface area contributed by atoms with Crippen LogP contribution in [0, 0.1) is 13.8 Å². The minimum atomic E-state index is -0.613. The quantitative estimate of drug-likeness (QED) is 0.357. The van der Waals surface area contributed by atoms with Crippen LogP contribution in [0.25, 0.3) is 0 Å². The van der Waals surface area contributed by atoms with Gasteiger partial charge >= 0.3 is 0 Å². The molecule has 8 heteroatoms. The lowest BCUT2D eigenvalue weighted by Crippen LogP contribution is -2.08. The van der Waals surface area contributed by atoms with Crippen LogP contribution in [0.3, 0.4) is 0 Å². The van der Waals surface area contributed by atoms with Crippen LogP contribution in [0.2, 0.25) is 0 Å². The second-order valence-corrected chi connectivity index (χ2v) is 7.76. The van der Waals surface area contributed by atoms with Gasteiger partial charge in [0, 0.05) is 41.5 Å². The number of aromatic hydroxyl groups is 5. The number of carbonyl (C=O) groups is 2. The molecular weight excluding hydrogens is 416 g/mol. The van der Waals surface area contributed by atoms with Crippen LogP contribution in [-0.4, -0.2) is 44.2 Å². The minimum Gasteiger partial charge on any atom is -0.507 e. The van der Waals surface area contributed by atoms with Crippen molar-refractivity contribution < 1.29 is 39.9 Å². The van der Waals surface area contributed by atoms with Crippen molar-refractivity contribution in [2.75, 3.05) is 7.11 Å². The number of benzene rings is 2. The third kappa shape index (κ3) is 4.17. The first-order valence-electron chi connectivity index (χ1n) is 10.5. The van der Waals surface area contributed by atoms with Crippen LogP contribution in [0.15, 0.2) is 0 Å².